The van der Waals surface area contributed by atoms with Crippen LogP contribution in [0, 0.1) is 11.8 Å². The second kappa shape index (κ2) is 3.98. The van der Waals surface area contributed by atoms with Crippen LogP contribution in [0.15, 0.2) is 30.3 Å². The Morgan fingerprint density at radius 2 is 1.81 bits per heavy atom. The Morgan fingerprint density at radius 3 is 2.31 bits per heavy atom. The molecule has 86 valence electrons. The van der Waals surface area contributed by atoms with E-state index in [1.54, 1.807) is 0 Å². The van der Waals surface area contributed by atoms with Crippen LogP contribution in [0.1, 0.15) is 24.8 Å². The van der Waals surface area contributed by atoms with Crippen molar-refractivity contribution in [3.8, 4) is 0 Å². The van der Waals surface area contributed by atoms with Gasteiger partial charge in [0, 0.05) is 22.9 Å². The number of methoxy groups -OCH3 is 1. The third-order valence-electron chi connectivity index (χ3n) is 4.46. The lowest BCUT2D eigenvalue weighted by atomic mass is 9.51. The number of ether oxygens (including phenoxy) is 1. The SMILES string of the molecule is COC1(c2ccccc2)[C@@H]2CCC[C@H]1C2I. The predicted molar refractivity (Wildman–Crippen MR) is 73.8 cm³/mol. The molecular formula is C14H17IO. The Labute approximate surface area is 111 Å². The molecule has 2 aliphatic carbocycles. The number of rotatable bonds is 2. The molecule has 3 rings (SSSR count). The third kappa shape index (κ3) is 1.26. The highest BCUT2D eigenvalue weighted by molar-refractivity contribution is 14.1. The van der Waals surface area contributed by atoms with Crippen LogP contribution in [0.3, 0.4) is 0 Å². The van der Waals surface area contributed by atoms with Crippen LogP contribution >= 0.6 is 22.6 Å². The van der Waals surface area contributed by atoms with Gasteiger partial charge in [-0.15, -0.1) is 0 Å². The van der Waals surface area contributed by atoms with Crippen molar-refractivity contribution in [1.82, 2.24) is 0 Å². The Hall–Kier alpha value is -0.0900. The second-order valence-corrected chi connectivity index (χ2v) is 6.39. The summed E-state index contributed by atoms with van der Waals surface area (Å²) < 4.78 is 6.80. The van der Waals surface area contributed by atoms with E-state index >= 15 is 0 Å². The molecule has 0 heterocycles. The fraction of sp³-hybridized carbons (Fsp3) is 0.571. The minimum absolute atomic E-state index is 0.0331. The molecule has 16 heavy (non-hydrogen) atoms. The van der Waals surface area contributed by atoms with E-state index in [0.29, 0.717) is 0 Å². The van der Waals surface area contributed by atoms with Gasteiger partial charge in [-0.25, -0.2) is 0 Å². The molecule has 2 bridgehead atoms. The Morgan fingerprint density at radius 1 is 1.19 bits per heavy atom. The first-order chi connectivity index (χ1) is 7.80. The van der Waals surface area contributed by atoms with Gasteiger partial charge in [0.25, 0.3) is 0 Å². The predicted octanol–water partition coefficient (Wildman–Crippen LogP) is 3.76. The molecule has 0 aromatic heterocycles. The van der Waals surface area contributed by atoms with Crippen LogP contribution in [0.2, 0.25) is 0 Å². The van der Waals surface area contributed by atoms with Crippen molar-refractivity contribution in [1.29, 1.82) is 0 Å². The highest BCUT2D eigenvalue weighted by Gasteiger charge is 2.63. The maximum Gasteiger partial charge on any atom is 0.100 e. The van der Waals surface area contributed by atoms with Gasteiger partial charge in [0.05, 0.1) is 0 Å². The van der Waals surface area contributed by atoms with Gasteiger partial charge in [-0.2, -0.15) is 0 Å². The van der Waals surface area contributed by atoms with Gasteiger partial charge in [0.2, 0.25) is 0 Å². The number of benzene rings is 1. The van der Waals surface area contributed by atoms with Crippen LogP contribution in [0.25, 0.3) is 0 Å². The lowest BCUT2D eigenvalue weighted by Gasteiger charge is -2.62. The molecule has 2 fully saturated rings. The van der Waals surface area contributed by atoms with Crippen LogP contribution in [-0.4, -0.2) is 11.0 Å². The summed E-state index contributed by atoms with van der Waals surface area (Å²) in [6.45, 7) is 0. The minimum atomic E-state index is 0.0331. The minimum Gasteiger partial charge on any atom is -0.373 e. The van der Waals surface area contributed by atoms with Crippen LogP contribution in [-0.2, 0) is 10.3 Å². The average molecular weight is 328 g/mol. The first-order valence-electron chi connectivity index (χ1n) is 6.05. The van der Waals surface area contributed by atoms with Gasteiger partial charge in [-0.1, -0.05) is 59.3 Å². The van der Waals surface area contributed by atoms with E-state index < -0.39 is 0 Å². The number of alkyl halides is 1. The maximum absolute atomic E-state index is 5.99. The lowest BCUT2D eigenvalue weighted by Crippen LogP contribution is -2.64. The molecule has 0 saturated heterocycles. The normalized spacial score (nSPS) is 41.5. The van der Waals surface area contributed by atoms with E-state index in [-0.39, 0.29) is 5.60 Å². The molecule has 1 aromatic rings. The van der Waals surface area contributed by atoms with E-state index in [1.807, 2.05) is 7.11 Å². The molecule has 0 spiro atoms. The zero-order valence-corrected chi connectivity index (χ0v) is 11.7. The molecule has 0 N–H and O–H groups in total. The molecule has 0 amide bonds. The average Bonchev–Trinajstić information content (AvgIpc) is 2.38. The van der Waals surface area contributed by atoms with Gasteiger partial charge in [-0.3, -0.25) is 0 Å². The van der Waals surface area contributed by atoms with Crippen LogP contribution in [0.5, 0.6) is 0 Å². The van der Waals surface area contributed by atoms with Gasteiger partial charge in [-0.05, 0) is 18.4 Å². The van der Waals surface area contributed by atoms with E-state index in [4.69, 9.17) is 4.74 Å². The molecular weight excluding hydrogens is 311 g/mol. The molecule has 0 radical (unpaired) electrons. The molecule has 1 aromatic carbocycles. The molecule has 4 atom stereocenters. The van der Waals surface area contributed by atoms with Crippen LogP contribution in [0.4, 0.5) is 0 Å². The van der Waals surface area contributed by atoms with Crippen molar-refractivity contribution in [3.63, 3.8) is 0 Å². The number of fused-ring (bicyclic) bond motifs is 2. The number of hydrogen-bond acceptors (Lipinski definition) is 1. The van der Waals surface area contributed by atoms with Crippen molar-refractivity contribution in [2.75, 3.05) is 7.11 Å². The van der Waals surface area contributed by atoms with Crippen molar-refractivity contribution in [3.05, 3.63) is 35.9 Å². The summed E-state index contributed by atoms with van der Waals surface area (Å²) in [4.78, 5) is 0. The molecule has 2 unspecified atom stereocenters. The van der Waals surface area contributed by atoms with E-state index in [1.165, 1.54) is 24.8 Å². The first-order valence-corrected chi connectivity index (χ1v) is 7.30. The number of hydrogen-bond donors (Lipinski definition) is 0. The summed E-state index contributed by atoms with van der Waals surface area (Å²) in [6.07, 6.45) is 4.03. The molecule has 1 nitrogen and oxygen atoms in total. The molecule has 2 heteroatoms. The fourth-order valence-corrected chi connectivity index (χ4v) is 5.55. The monoisotopic (exact) mass is 328 g/mol. The zero-order chi connectivity index (χ0) is 11.2. The molecule has 2 saturated carbocycles. The molecule has 2 aliphatic rings. The van der Waals surface area contributed by atoms with Crippen molar-refractivity contribution in [2.45, 2.75) is 28.8 Å². The van der Waals surface area contributed by atoms with Gasteiger partial charge < -0.3 is 4.74 Å². The summed E-state index contributed by atoms with van der Waals surface area (Å²) in [6, 6.07) is 10.8. The van der Waals surface area contributed by atoms with E-state index in [2.05, 4.69) is 52.9 Å². The Bertz CT molecular complexity index is 364. The summed E-state index contributed by atoms with van der Waals surface area (Å²) in [7, 11) is 1.89. The summed E-state index contributed by atoms with van der Waals surface area (Å²) in [5.41, 5.74) is 1.42. The third-order valence-corrected chi connectivity index (χ3v) is 6.20. The van der Waals surface area contributed by atoms with Gasteiger partial charge >= 0.3 is 0 Å². The van der Waals surface area contributed by atoms with E-state index in [9.17, 15) is 0 Å². The first kappa shape index (κ1) is 11.0. The van der Waals surface area contributed by atoms with Crippen molar-refractivity contribution >= 4 is 22.6 Å². The summed E-state index contributed by atoms with van der Waals surface area (Å²) >= 11 is 2.63. The second-order valence-electron chi connectivity index (χ2n) is 4.95. The molecule has 0 aliphatic heterocycles. The van der Waals surface area contributed by atoms with Gasteiger partial charge in [0.15, 0.2) is 0 Å². The zero-order valence-electron chi connectivity index (χ0n) is 9.53. The highest BCUT2D eigenvalue weighted by atomic mass is 127. The Balaban J connectivity index is 2.02. The Kier molecular flexibility index (Phi) is 2.75. The highest BCUT2D eigenvalue weighted by Crippen LogP contribution is 2.63. The smallest absolute Gasteiger partial charge is 0.100 e. The standard InChI is InChI=1S/C14H17IO/c1-16-14(10-6-3-2-4-7-10)11-8-5-9-12(14)13(11)15/h2-4,6-7,11-13H,5,8-9H2,1H3/t11-,12+,13?,14?. The summed E-state index contributed by atoms with van der Waals surface area (Å²) in [5, 5.41) is 0. The lowest BCUT2D eigenvalue weighted by molar-refractivity contribution is -0.195. The quantitative estimate of drug-likeness (QED) is 0.593. The van der Waals surface area contributed by atoms with Gasteiger partial charge in [0.1, 0.15) is 5.60 Å². The van der Waals surface area contributed by atoms with E-state index in [0.717, 1.165) is 15.8 Å². The van der Waals surface area contributed by atoms with Crippen molar-refractivity contribution in [2.24, 2.45) is 11.8 Å². The largest absolute Gasteiger partial charge is 0.373 e. The topological polar surface area (TPSA) is 9.23 Å². The summed E-state index contributed by atoms with van der Waals surface area (Å²) in [5.74, 6) is 1.44. The fourth-order valence-electron chi connectivity index (χ4n) is 3.76. The van der Waals surface area contributed by atoms with Crippen LogP contribution < -0.4 is 0 Å². The number of halogens is 1. The van der Waals surface area contributed by atoms with Crippen molar-refractivity contribution < 1.29 is 4.74 Å². The maximum atomic E-state index is 5.99.